The van der Waals surface area contributed by atoms with E-state index in [1.165, 1.54) is 0 Å². The van der Waals surface area contributed by atoms with Crippen LogP contribution in [0.5, 0.6) is 0 Å². The molecule has 9 heteroatoms. The number of ketones is 1. The highest BCUT2D eigenvalue weighted by molar-refractivity contribution is 7.98. The van der Waals surface area contributed by atoms with E-state index in [9.17, 15) is 18.0 Å². The normalized spacial score (nSPS) is 12.9. The molecule has 4 nitrogen and oxygen atoms in total. The second-order valence-electron chi connectivity index (χ2n) is 5.23. The first kappa shape index (κ1) is 23.0. The molecule has 0 aliphatic rings. The highest BCUT2D eigenvalue weighted by Crippen LogP contribution is 2.20. The van der Waals surface area contributed by atoms with Crippen LogP contribution in [0.15, 0.2) is 0 Å². The summed E-state index contributed by atoms with van der Waals surface area (Å²) < 4.78 is 58.9. The third kappa shape index (κ3) is 10.1. The van der Waals surface area contributed by atoms with Crippen molar-refractivity contribution in [3.8, 4) is 0 Å². The first-order valence-electron chi connectivity index (χ1n) is 6.34. The molecule has 0 spiro atoms. The summed E-state index contributed by atoms with van der Waals surface area (Å²) in [5.74, 6) is 1.41. The van der Waals surface area contributed by atoms with Gasteiger partial charge >= 0.3 is 5.51 Å². The number of hydrogen-bond donors (Lipinski definition) is 0. The Balaban J connectivity index is 0. The van der Waals surface area contributed by atoms with Gasteiger partial charge in [-0.15, -0.1) is 0 Å². The lowest BCUT2D eigenvalue weighted by Crippen LogP contribution is -2.32. The van der Waals surface area contributed by atoms with Crippen LogP contribution in [0.2, 0.25) is 0 Å². The molecular weight excluding hydrogens is 329 g/mol. The second kappa shape index (κ2) is 8.99. The van der Waals surface area contributed by atoms with Gasteiger partial charge in [-0.3, -0.25) is 4.79 Å². The predicted octanol–water partition coefficient (Wildman–Crippen LogP) is 2.70. The number of carbonyl (C=O) groups excluding carboxylic acids is 1. The highest BCUT2D eigenvalue weighted by Gasteiger charge is 2.37. The van der Waals surface area contributed by atoms with Gasteiger partial charge in [0.05, 0.1) is 0 Å². The van der Waals surface area contributed by atoms with E-state index in [2.05, 4.69) is 27.7 Å². The first-order valence-corrected chi connectivity index (χ1v) is 9.27. The van der Waals surface area contributed by atoms with Gasteiger partial charge in [0.1, 0.15) is 10.5 Å². The fourth-order valence-corrected chi connectivity index (χ4v) is 3.63. The summed E-state index contributed by atoms with van der Waals surface area (Å²) in [6.45, 7) is 12.9. The molecule has 0 rings (SSSR count). The van der Waals surface area contributed by atoms with E-state index < -0.39 is 15.6 Å². The molecule has 0 unspecified atom stereocenters. The maximum atomic E-state index is 11.6. The SMILES string of the molecule is CC(C)C(=O)C[S+](C(C)C)C(C)C.O=S(=O)([O-])C(F)(F)F. The predicted molar refractivity (Wildman–Crippen MR) is 78.1 cm³/mol. The molecule has 0 aliphatic heterocycles. The molecule has 0 amide bonds. The van der Waals surface area contributed by atoms with Crippen LogP contribution in [0.1, 0.15) is 41.5 Å². The maximum Gasteiger partial charge on any atom is 0.485 e. The average Bonchev–Trinajstić information content (AvgIpc) is 2.22. The van der Waals surface area contributed by atoms with E-state index in [-0.39, 0.29) is 16.8 Å². The van der Waals surface area contributed by atoms with Crippen LogP contribution >= 0.6 is 0 Å². The van der Waals surface area contributed by atoms with Crippen molar-refractivity contribution >= 4 is 26.8 Å². The Kier molecular flexibility index (Phi) is 9.85. The zero-order chi connectivity index (χ0) is 17.6. The summed E-state index contributed by atoms with van der Waals surface area (Å²) in [5, 5.41) is 1.28. The van der Waals surface area contributed by atoms with Crippen molar-refractivity contribution in [2.45, 2.75) is 57.6 Å². The van der Waals surface area contributed by atoms with Gasteiger partial charge in [0, 0.05) is 5.92 Å². The Labute approximate surface area is 127 Å². The zero-order valence-corrected chi connectivity index (χ0v) is 14.7. The van der Waals surface area contributed by atoms with E-state index in [4.69, 9.17) is 13.0 Å². The quantitative estimate of drug-likeness (QED) is 0.433. The Bertz CT molecular complexity index is 407. The second-order valence-corrected chi connectivity index (χ2v) is 9.72. The van der Waals surface area contributed by atoms with E-state index in [1.807, 2.05) is 13.8 Å². The Morgan fingerprint density at radius 1 is 1.05 bits per heavy atom. The van der Waals surface area contributed by atoms with Crippen molar-refractivity contribution in [1.29, 1.82) is 0 Å². The average molecular weight is 352 g/mol. The first-order chi connectivity index (χ1) is 9.11. The highest BCUT2D eigenvalue weighted by atomic mass is 32.2. The minimum absolute atomic E-state index is 0.201. The smallest absolute Gasteiger partial charge is 0.485 e. The molecule has 0 fully saturated rings. The van der Waals surface area contributed by atoms with Crippen molar-refractivity contribution in [2.24, 2.45) is 5.92 Å². The number of Topliss-reactive ketones (excluding diaryl/α,β-unsaturated/α-hetero) is 1. The van der Waals surface area contributed by atoms with Crippen LogP contribution in [0.4, 0.5) is 13.2 Å². The van der Waals surface area contributed by atoms with Crippen molar-refractivity contribution in [3.05, 3.63) is 0 Å². The van der Waals surface area contributed by atoms with E-state index >= 15 is 0 Å². The number of alkyl halides is 3. The lowest BCUT2D eigenvalue weighted by Gasteiger charge is -2.15. The van der Waals surface area contributed by atoms with Gasteiger partial charge < -0.3 is 4.55 Å². The molecule has 21 heavy (non-hydrogen) atoms. The summed E-state index contributed by atoms with van der Waals surface area (Å²) in [7, 11) is -5.82. The summed E-state index contributed by atoms with van der Waals surface area (Å²) in [4.78, 5) is 11.6. The largest absolute Gasteiger partial charge is 0.741 e. The Morgan fingerprint density at radius 2 is 1.33 bits per heavy atom. The molecule has 0 heterocycles. The topological polar surface area (TPSA) is 74.3 Å². The van der Waals surface area contributed by atoms with Crippen LogP contribution in [-0.2, 0) is 25.8 Å². The summed E-state index contributed by atoms with van der Waals surface area (Å²) in [6.07, 6.45) is 0. The zero-order valence-electron chi connectivity index (χ0n) is 13.0. The molecule has 0 aromatic carbocycles. The van der Waals surface area contributed by atoms with Crippen LogP contribution in [0, 0.1) is 5.92 Å². The van der Waals surface area contributed by atoms with Gasteiger partial charge in [-0.2, -0.15) is 13.2 Å². The minimum Gasteiger partial charge on any atom is -0.741 e. The van der Waals surface area contributed by atoms with Crippen molar-refractivity contribution in [1.82, 2.24) is 0 Å². The fourth-order valence-electron chi connectivity index (χ4n) is 1.21. The van der Waals surface area contributed by atoms with E-state index in [0.717, 1.165) is 5.75 Å². The third-order valence-electron chi connectivity index (χ3n) is 2.45. The maximum absolute atomic E-state index is 11.6. The van der Waals surface area contributed by atoms with Crippen molar-refractivity contribution in [2.75, 3.05) is 5.75 Å². The van der Waals surface area contributed by atoms with Crippen LogP contribution < -0.4 is 0 Å². The minimum atomic E-state index is -6.09. The van der Waals surface area contributed by atoms with Gasteiger partial charge in [0.25, 0.3) is 0 Å². The molecule has 128 valence electrons. The monoisotopic (exact) mass is 352 g/mol. The third-order valence-corrected chi connectivity index (χ3v) is 6.05. The van der Waals surface area contributed by atoms with Crippen LogP contribution in [0.3, 0.4) is 0 Å². The molecule has 0 aliphatic carbocycles. The van der Waals surface area contributed by atoms with Gasteiger partial charge in [-0.05, 0) is 38.6 Å². The molecule has 0 saturated heterocycles. The van der Waals surface area contributed by atoms with Crippen molar-refractivity contribution < 1.29 is 30.9 Å². The Morgan fingerprint density at radius 3 is 1.48 bits per heavy atom. The molecule has 0 saturated carbocycles. The van der Waals surface area contributed by atoms with Gasteiger partial charge in [-0.25, -0.2) is 8.42 Å². The van der Waals surface area contributed by atoms with E-state index in [0.29, 0.717) is 16.3 Å². The van der Waals surface area contributed by atoms with Crippen LogP contribution in [0.25, 0.3) is 0 Å². The van der Waals surface area contributed by atoms with Crippen LogP contribution in [-0.4, -0.2) is 40.5 Å². The summed E-state index contributed by atoms with van der Waals surface area (Å²) >= 11 is 0. The van der Waals surface area contributed by atoms with E-state index in [1.54, 1.807) is 0 Å². The Hall–Kier alpha value is -0.280. The number of hydrogen-bond acceptors (Lipinski definition) is 4. The van der Waals surface area contributed by atoms with Gasteiger partial charge in [0.15, 0.2) is 21.7 Å². The fraction of sp³-hybridized carbons (Fsp3) is 0.917. The van der Waals surface area contributed by atoms with Crippen molar-refractivity contribution in [3.63, 3.8) is 0 Å². The van der Waals surface area contributed by atoms with Gasteiger partial charge in [0.2, 0.25) is 0 Å². The standard InChI is InChI=1S/C11H23OS.CHF3O3S/c1-8(2)11(12)7-13(9(3)4)10(5)6;2-1(3,4)8(5,6)7/h8-10H,7H2,1-6H3;(H,5,6,7)/q+1;/p-1. The lowest BCUT2D eigenvalue weighted by molar-refractivity contribution is -0.119. The van der Waals surface area contributed by atoms with Gasteiger partial charge in [-0.1, -0.05) is 13.8 Å². The molecule has 0 aromatic rings. The molecule has 0 atom stereocenters. The molecular formula is C12H23F3O4S2. The number of carbonyl (C=O) groups is 1. The molecule has 0 N–H and O–H groups in total. The summed E-state index contributed by atoms with van der Waals surface area (Å²) in [5.41, 5.74) is -5.65. The number of halogens is 3. The molecule has 0 bridgehead atoms. The number of rotatable bonds is 5. The molecule has 0 radical (unpaired) electrons. The summed E-state index contributed by atoms with van der Waals surface area (Å²) in [6, 6.07) is 0. The lowest BCUT2D eigenvalue weighted by atomic mass is 10.1. The molecule has 0 aromatic heterocycles.